The lowest BCUT2D eigenvalue weighted by molar-refractivity contribution is -0.340. The molecule has 5 fully saturated rings. The van der Waals surface area contributed by atoms with Crippen LogP contribution in [-0.4, -0.2) is 128 Å². The lowest BCUT2D eigenvalue weighted by Crippen LogP contribution is -2.78. The summed E-state index contributed by atoms with van der Waals surface area (Å²) in [7, 11) is 0. The number of hydrogen-bond donors (Lipinski definition) is 6. The number of ketones is 1. The molecular weight excluding hydrogens is 664 g/mol. The molecule has 3 heterocycles. The second-order valence-corrected chi connectivity index (χ2v) is 15.2. The van der Waals surface area contributed by atoms with E-state index < -0.39 is 120 Å². The highest BCUT2D eigenvalue weighted by molar-refractivity contribution is 5.96. The molecule has 0 radical (unpaired) electrons. The quantitative estimate of drug-likeness (QED) is 0.103. The van der Waals surface area contributed by atoms with E-state index in [9.17, 15) is 49.8 Å². The first-order chi connectivity index (χ1) is 23.3. The minimum atomic E-state index is -2.30. The Bertz CT molecular complexity index is 1500. The number of aliphatic hydroxyl groups excluding tert-OH is 6. The molecule has 1 spiro atoms. The summed E-state index contributed by atoms with van der Waals surface area (Å²) in [6.07, 6.45) is -13.5. The van der Waals surface area contributed by atoms with Crippen molar-refractivity contribution in [2.75, 3.05) is 13.2 Å². The molecule has 3 saturated heterocycles. The molecule has 0 aromatic rings. The van der Waals surface area contributed by atoms with Crippen LogP contribution in [0.3, 0.4) is 0 Å². The first-order valence-corrected chi connectivity index (χ1v) is 16.9. The smallest absolute Gasteiger partial charge is 0.348 e. The highest BCUT2D eigenvalue weighted by Crippen LogP contribution is 2.73. The maximum atomic E-state index is 14.0. The largest absolute Gasteiger partial charge is 0.459 e. The minimum absolute atomic E-state index is 0.0169. The van der Waals surface area contributed by atoms with Gasteiger partial charge in [0.2, 0.25) is 18.2 Å². The van der Waals surface area contributed by atoms with Gasteiger partial charge in [-0.15, -0.1) is 0 Å². The normalized spacial score (nSPS) is 46.9. The Morgan fingerprint density at radius 1 is 1.02 bits per heavy atom. The maximum Gasteiger partial charge on any atom is 0.348 e. The molecule has 2 bridgehead atoms. The first-order valence-electron chi connectivity index (χ1n) is 16.9. The number of carbonyl (C=O) groups is 4. The molecule has 16 nitrogen and oxygen atoms in total. The summed E-state index contributed by atoms with van der Waals surface area (Å²) in [4.78, 5) is 53.5. The van der Waals surface area contributed by atoms with Gasteiger partial charge < -0.3 is 59.1 Å². The summed E-state index contributed by atoms with van der Waals surface area (Å²) in [5, 5.41) is 64.5. The molecular formula is C34H46O16. The van der Waals surface area contributed by atoms with Crippen molar-refractivity contribution in [1.82, 2.24) is 0 Å². The van der Waals surface area contributed by atoms with Crippen LogP contribution < -0.4 is 0 Å². The van der Waals surface area contributed by atoms with Crippen molar-refractivity contribution in [3.05, 3.63) is 23.0 Å². The molecule has 6 N–H and O–H groups in total. The van der Waals surface area contributed by atoms with Gasteiger partial charge in [0.1, 0.15) is 36.6 Å². The zero-order chi connectivity index (χ0) is 36.8. The zero-order valence-electron chi connectivity index (χ0n) is 28.7. The van der Waals surface area contributed by atoms with Crippen LogP contribution in [0.5, 0.6) is 0 Å². The third kappa shape index (κ3) is 5.17. The van der Waals surface area contributed by atoms with Gasteiger partial charge in [-0.2, -0.15) is 0 Å². The third-order valence-electron chi connectivity index (χ3n) is 12.1. The molecule has 0 amide bonds. The fraction of sp³-hybridized carbons (Fsp3) is 0.765. The van der Waals surface area contributed by atoms with Crippen molar-refractivity contribution in [3.8, 4) is 0 Å². The van der Waals surface area contributed by atoms with Crippen LogP contribution in [0.1, 0.15) is 54.4 Å². The predicted molar refractivity (Wildman–Crippen MR) is 164 cm³/mol. The SMILES string of the molecule is CC(=O)OC12OCC34C(CC5C(C)=C(OC6OC(CO)C(O)C(O)C6O)C(=O)CC5(C)C3C(O)C1O)OC(=O)C(OC(=O)C=C(C)C(C)C)C24. The number of esters is 3. The average molecular weight is 711 g/mol. The Labute approximate surface area is 287 Å². The number of fused-ring (bicyclic) bond motifs is 2. The van der Waals surface area contributed by atoms with Crippen molar-refractivity contribution in [2.45, 2.75) is 115 Å². The van der Waals surface area contributed by atoms with Gasteiger partial charge in [0.05, 0.1) is 30.7 Å². The summed E-state index contributed by atoms with van der Waals surface area (Å²) < 4.78 is 34.9. The second-order valence-electron chi connectivity index (χ2n) is 15.2. The Morgan fingerprint density at radius 3 is 2.32 bits per heavy atom. The number of aliphatic hydroxyl groups is 6. The molecule has 6 rings (SSSR count). The molecule has 50 heavy (non-hydrogen) atoms. The topological polar surface area (TPSA) is 245 Å². The molecule has 15 atom stereocenters. The standard InChI is InChI=1S/C34H46O16/c1-12(2)13(3)7-20(38)48-26-28-33-11-45-34(28,50-15(5)36)29(43)24(42)27(33)32(6)9-17(37)25(14(4)16(32)8-19(33)47-30(26)44)49-31-23(41)22(40)21(39)18(10-35)46-31/h7,12,16,18-19,21-24,26-29,31,35,39-43H,8-11H2,1-6H3. The summed E-state index contributed by atoms with van der Waals surface area (Å²) in [6.45, 7) is 8.87. The summed E-state index contributed by atoms with van der Waals surface area (Å²) in [5.41, 5.74) is -1.59. The van der Waals surface area contributed by atoms with E-state index >= 15 is 0 Å². The zero-order valence-corrected chi connectivity index (χ0v) is 28.7. The highest BCUT2D eigenvalue weighted by atomic mass is 16.7. The van der Waals surface area contributed by atoms with Crippen molar-refractivity contribution in [3.63, 3.8) is 0 Å². The molecule has 0 aromatic carbocycles. The van der Waals surface area contributed by atoms with E-state index in [4.69, 9.17) is 28.4 Å². The summed E-state index contributed by atoms with van der Waals surface area (Å²) in [6, 6.07) is 0. The Balaban J connectivity index is 1.43. The van der Waals surface area contributed by atoms with Gasteiger partial charge >= 0.3 is 17.9 Å². The van der Waals surface area contributed by atoms with E-state index in [1.807, 2.05) is 13.8 Å². The Kier molecular flexibility index (Phi) is 9.29. The molecule has 16 heteroatoms. The van der Waals surface area contributed by atoms with Crippen LogP contribution in [0, 0.1) is 34.5 Å². The van der Waals surface area contributed by atoms with E-state index in [0.717, 1.165) is 6.92 Å². The number of ether oxygens (including phenoxy) is 6. The third-order valence-corrected chi connectivity index (χ3v) is 12.1. The van der Waals surface area contributed by atoms with Crippen LogP contribution in [0.4, 0.5) is 0 Å². The monoisotopic (exact) mass is 710 g/mol. The fourth-order valence-electron chi connectivity index (χ4n) is 9.65. The number of hydrogen-bond acceptors (Lipinski definition) is 16. The second kappa shape index (κ2) is 12.6. The molecule has 15 unspecified atom stereocenters. The van der Waals surface area contributed by atoms with Gasteiger partial charge in [-0.3, -0.25) is 9.59 Å². The first kappa shape index (κ1) is 36.8. The van der Waals surface area contributed by atoms with E-state index in [0.29, 0.717) is 11.1 Å². The van der Waals surface area contributed by atoms with E-state index in [1.165, 1.54) is 6.08 Å². The molecule has 3 aliphatic carbocycles. The van der Waals surface area contributed by atoms with Crippen LogP contribution in [0.15, 0.2) is 23.0 Å². The Morgan fingerprint density at radius 2 is 1.70 bits per heavy atom. The molecule has 2 saturated carbocycles. The van der Waals surface area contributed by atoms with Gasteiger partial charge in [0.25, 0.3) is 0 Å². The van der Waals surface area contributed by atoms with Crippen molar-refractivity contribution < 1.29 is 78.2 Å². The number of allylic oxidation sites excluding steroid dienone is 3. The minimum Gasteiger partial charge on any atom is -0.459 e. The van der Waals surface area contributed by atoms with E-state index in [2.05, 4.69) is 0 Å². The number of carbonyl (C=O) groups excluding carboxylic acids is 4. The van der Waals surface area contributed by atoms with Gasteiger partial charge in [0.15, 0.2) is 11.5 Å². The highest BCUT2D eigenvalue weighted by Gasteiger charge is 2.84. The number of Topliss-reactive ketones (excluding diaryl/α,β-unsaturated/α-hetero) is 1. The molecule has 3 aliphatic heterocycles. The van der Waals surface area contributed by atoms with Gasteiger partial charge in [-0.05, 0) is 43.1 Å². The van der Waals surface area contributed by atoms with Crippen LogP contribution >= 0.6 is 0 Å². The van der Waals surface area contributed by atoms with Crippen molar-refractivity contribution >= 4 is 23.7 Å². The van der Waals surface area contributed by atoms with Crippen molar-refractivity contribution in [2.24, 2.45) is 34.5 Å². The molecule has 278 valence electrons. The Hall–Kier alpha value is -2.96. The lowest BCUT2D eigenvalue weighted by Gasteiger charge is -2.67. The van der Waals surface area contributed by atoms with E-state index in [-0.39, 0.29) is 31.1 Å². The molecule has 0 aromatic heterocycles. The number of rotatable bonds is 7. The fourth-order valence-corrected chi connectivity index (χ4v) is 9.65. The summed E-state index contributed by atoms with van der Waals surface area (Å²) >= 11 is 0. The van der Waals surface area contributed by atoms with Crippen LogP contribution in [0.25, 0.3) is 0 Å². The van der Waals surface area contributed by atoms with E-state index in [1.54, 1.807) is 20.8 Å². The summed E-state index contributed by atoms with van der Waals surface area (Å²) in [5.74, 6) is -8.89. The van der Waals surface area contributed by atoms with Crippen LogP contribution in [0.2, 0.25) is 0 Å². The van der Waals surface area contributed by atoms with Gasteiger partial charge in [-0.1, -0.05) is 26.3 Å². The van der Waals surface area contributed by atoms with Crippen LogP contribution in [-0.2, 0) is 47.6 Å². The lowest BCUT2D eigenvalue weighted by atomic mass is 9.39. The van der Waals surface area contributed by atoms with Gasteiger partial charge in [0, 0.05) is 25.3 Å². The van der Waals surface area contributed by atoms with Crippen molar-refractivity contribution in [1.29, 1.82) is 0 Å². The maximum absolute atomic E-state index is 14.0. The molecule has 6 aliphatic rings. The average Bonchev–Trinajstić information content (AvgIpc) is 3.32. The predicted octanol–water partition coefficient (Wildman–Crippen LogP) is -1.24. The van der Waals surface area contributed by atoms with Gasteiger partial charge in [-0.25, -0.2) is 9.59 Å².